The van der Waals surface area contributed by atoms with Gasteiger partial charge in [-0.05, 0) is 34.6 Å². The zero-order valence-corrected chi connectivity index (χ0v) is 18.5. The minimum atomic E-state index is -1.24. The Kier molecular flexibility index (Phi) is 12.1. The number of hydrogen-bond donors (Lipinski definition) is 0. The number of rotatable bonds is 7. The second-order valence-electron chi connectivity index (χ2n) is 4.73. The molecule has 7 heteroatoms. The van der Waals surface area contributed by atoms with Gasteiger partial charge in [-0.15, -0.1) is 12.1 Å². The number of hydrogen-bond acceptors (Lipinski definition) is 5. The van der Waals surface area contributed by atoms with Crippen molar-refractivity contribution >= 4 is 30.4 Å². The molecule has 0 bridgehead atoms. The molecule has 0 aliphatic rings. The summed E-state index contributed by atoms with van der Waals surface area (Å²) < 4.78 is 4.55. The third kappa shape index (κ3) is 8.27. The predicted octanol–water partition coefficient (Wildman–Crippen LogP) is -4.20. The van der Waals surface area contributed by atoms with Crippen molar-refractivity contribution in [2.45, 2.75) is 0 Å². The average Bonchev–Trinajstić information content (AvgIpc) is 2.60. The van der Waals surface area contributed by atoms with Crippen LogP contribution >= 0.6 is 0 Å². The molecular weight excluding hydrogens is 354 g/mol. The third-order valence-electron chi connectivity index (χ3n) is 3.07. The van der Waals surface area contributed by atoms with E-state index in [2.05, 4.69) is 4.74 Å². The molecule has 0 N–H and O–H groups in total. The number of carboxylic acids is 1. The van der Waals surface area contributed by atoms with Gasteiger partial charge in [0.25, 0.3) is 0 Å². The summed E-state index contributed by atoms with van der Waals surface area (Å²) in [5, 5.41) is 10.6. The van der Waals surface area contributed by atoms with Crippen LogP contribution in [-0.2, 0) is 9.59 Å². The maximum Gasteiger partial charge on any atom is 1.00 e. The SMILES string of the molecule is O=[C-]Oc1ccc(/C=C/C(=O)/C=C/c2ccc(C(=O)[O-])cc2)cc1.[Na+].[Na+]. The van der Waals surface area contributed by atoms with Crippen molar-refractivity contribution in [1.29, 1.82) is 0 Å². The van der Waals surface area contributed by atoms with Crippen LogP contribution < -0.4 is 69.0 Å². The van der Waals surface area contributed by atoms with Crippen molar-refractivity contribution in [2.24, 2.45) is 0 Å². The van der Waals surface area contributed by atoms with Crippen LogP contribution in [0.3, 0.4) is 0 Å². The Labute approximate surface area is 195 Å². The standard InChI is InChI=1S/C19H13O5.2Na/c20-13-24-18-11-5-15(6-12-18)4-10-17(21)9-3-14-1-7-16(8-2-14)19(22)23;;/h1-12H,(H,22,23);;/q-1;2*+1/p-1/b9-3+,10-4+;;. The van der Waals surface area contributed by atoms with E-state index >= 15 is 0 Å². The molecule has 0 unspecified atom stereocenters. The van der Waals surface area contributed by atoms with E-state index < -0.39 is 5.97 Å². The summed E-state index contributed by atoms with van der Waals surface area (Å²) in [6.07, 6.45) is 5.99. The molecule has 0 spiro atoms. The first kappa shape index (κ1) is 24.5. The largest absolute Gasteiger partial charge is 1.00 e. The van der Waals surface area contributed by atoms with E-state index in [1.807, 2.05) is 0 Å². The van der Waals surface area contributed by atoms with Crippen molar-refractivity contribution < 1.29 is 83.3 Å². The molecule has 0 heterocycles. The van der Waals surface area contributed by atoms with E-state index in [9.17, 15) is 19.5 Å². The molecule has 0 aliphatic heterocycles. The Morgan fingerprint density at radius 1 is 0.846 bits per heavy atom. The van der Waals surface area contributed by atoms with Crippen LogP contribution in [0.5, 0.6) is 5.75 Å². The van der Waals surface area contributed by atoms with Gasteiger partial charge in [0.2, 0.25) is 0 Å². The van der Waals surface area contributed by atoms with E-state index in [1.165, 1.54) is 30.8 Å². The van der Waals surface area contributed by atoms with Crippen LogP contribution in [0.2, 0.25) is 0 Å². The first-order valence-electron chi connectivity index (χ1n) is 6.94. The summed E-state index contributed by atoms with van der Waals surface area (Å²) in [4.78, 5) is 32.5. The zero-order chi connectivity index (χ0) is 17.4. The fourth-order valence-electron chi connectivity index (χ4n) is 1.84. The van der Waals surface area contributed by atoms with Crippen LogP contribution in [0.4, 0.5) is 0 Å². The van der Waals surface area contributed by atoms with E-state index in [-0.39, 0.29) is 70.5 Å². The molecule has 2 rings (SSSR count). The molecule has 0 aromatic heterocycles. The van der Waals surface area contributed by atoms with Crippen molar-refractivity contribution in [3.63, 3.8) is 0 Å². The smallest absolute Gasteiger partial charge is 0.610 e. The summed E-state index contributed by atoms with van der Waals surface area (Å²) in [5.74, 6) is -1.10. The molecule has 0 amide bonds. The van der Waals surface area contributed by atoms with Crippen LogP contribution in [0, 0.1) is 0 Å². The van der Waals surface area contributed by atoms with Crippen LogP contribution in [0.1, 0.15) is 21.5 Å². The summed E-state index contributed by atoms with van der Waals surface area (Å²) in [7, 11) is 0. The van der Waals surface area contributed by atoms with Crippen LogP contribution in [0.15, 0.2) is 60.7 Å². The topological polar surface area (TPSA) is 83.5 Å². The summed E-state index contributed by atoms with van der Waals surface area (Å²) >= 11 is 0. The van der Waals surface area contributed by atoms with E-state index in [0.717, 1.165) is 5.56 Å². The first-order valence-corrected chi connectivity index (χ1v) is 6.94. The maximum atomic E-state index is 11.8. The monoisotopic (exact) mass is 366 g/mol. The fraction of sp³-hybridized carbons (Fsp3) is 0. The number of carbonyl (C=O) groups is 2. The van der Waals surface area contributed by atoms with Gasteiger partial charge in [-0.3, -0.25) is 4.79 Å². The number of allylic oxidation sites excluding steroid dienone is 2. The molecular formula is C19H12Na2O5. The molecule has 0 saturated heterocycles. The van der Waals surface area contributed by atoms with E-state index in [0.29, 0.717) is 11.3 Å². The Hall–Kier alpha value is -1.47. The fourth-order valence-corrected chi connectivity index (χ4v) is 1.84. The van der Waals surface area contributed by atoms with Crippen LogP contribution in [0.25, 0.3) is 12.2 Å². The molecule has 2 aromatic rings. The summed E-state index contributed by atoms with van der Waals surface area (Å²) in [5.41, 5.74) is 1.56. The molecule has 120 valence electrons. The molecule has 0 aliphatic carbocycles. The molecule has 0 fully saturated rings. The number of benzene rings is 2. The second kappa shape index (κ2) is 12.8. The zero-order valence-electron chi connectivity index (χ0n) is 14.5. The number of carboxylic acid groups (broad SMARTS) is 1. The Bertz CT molecular complexity index is 794. The van der Waals surface area contributed by atoms with Crippen LogP contribution in [-0.4, -0.2) is 18.2 Å². The number of ketones is 1. The van der Waals surface area contributed by atoms with Gasteiger partial charge in [0.05, 0.1) is 5.97 Å². The minimum Gasteiger partial charge on any atom is -0.610 e. The van der Waals surface area contributed by atoms with Gasteiger partial charge in [-0.1, -0.05) is 48.6 Å². The second-order valence-corrected chi connectivity index (χ2v) is 4.73. The van der Waals surface area contributed by atoms with E-state index in [4.69, 9.17) is 0 Å². The molecule has 0 saturated carbocycles. The van der Waals surface area contributed by atoms with Gasteiger partial charge in [-0.2, -0.15) is 0 Å². The minimum absolute atomic E-state index is 0. The average molecular weight is 366 g/mol. The Morgan fingerprint density at radius 3 is 1.73 bits per heavy atom. The quantitative estimate of drug-likeness (QED) is 0.282. The van der Waals surface area contributed by atoms with Gasteiger partial charge in [0.15, 0.2) is 12.3 Å². The molecule has 0 atom stereocenters. The number of aromatic carboxylic acids is 1. The summed E-state index contributed by atoms with van der Waals surface area (Å²) in [6.45, 7) is 1.33. The predicted molar refractivity (Wildman–Crippen MR) is 86.6 cm³/mol. The Balaban J connectivity index is 0.00000312. The van der Waals surface area contributed by atoms with Gasteiger partial charge >= 0.3 is 59.1 Å². The molecule has 2 aromatic carbocycles. The molecule has 0 radical (unpaired) electrons. The van der Waals surface area contributed by atoms with Gasteiger partial charge in [-0.25, -0.2) is 0 Å². The maximum absolute atomic E-state index is 11.8. The number of ether oxygens (including phenoxy) is 1. The Morgan fingerprint density at radius 2 is 1.31 bits per heavy atom. The summed E-state index contributed by atoms with van der Waals surface area (Å²) in [6, 6.07) is 12.6. The third-order valence-corrected chi connectivity index (χ3v) is 3.07. The molecule has 5 nitrogen and oxygen atoms in total. The normalized spacial score (nSPS) is 10.0. The number of carbonyl (C=O) groups excluding carboxylic acids is 3. The van der Waals surface area contributed by atoms with Crippen molar-refractivity contribution in [3.8, 4) is 5.75 Å². The van der Waals surface area contributed by atoms with E-state index in [1.54, 1.807) is 48.6 Å². The van der Waals surface area contributed by atoms with Gasteiger partial charge in [0, 0.05) is 0 Å². The van der Waals surface area contributed by atoms with Crippen molar-refractivity contribution in [3.05, 3.63) is 77.4 Å². The van der Waals surface area contributed by atoms with Crippen molar-refractivity contribution in [2.75, 3.05) is 0 Å². The van der Waals surface area contributed by atoms with Gasteiger partial charge < -0.3 is 19.4 Å². The first-order chi connectivity index (χ1) is 11.6. The van der Waals surface area contributed by atoms with Gasteiger partial charge in [0.1, 0.15) is 0 Å². The molecule has 26 heavy (non-hydrogen) atoms. The van der Waals surface area contributed by atoms with Crippen molar-refractivity contribution in [1.82, 2.24) is 0 Å².